The minimum Gasteiger partial charge on any atom is -0.336 e. The number of carbonyl (C=O) groups excluding carboxylic acids is 1. The third kappa shape index (κ3) is 4.57. The van der Waals surface area contributed by atoms with Crippen LogP contribution in [-0.4, -0.2) is 22.9 Å². The molecule has 0 fully saturated rings. The maximum atomic E-state index is 12.0. The molecule has 0 aromatic heterocycles. The fraction of sp³-hybridized carbons (Fsp3) is 0.500. The van der Waals surface area contributed by atoms with Crippen LogP contribution in [0.5, 0.6) is 0 Å². The molecule has 2 N–H and O–H groups in total. The van der Waals surface area contributed by atoms with E-state index in [1.165, 1.54) is 0 Å². The molecule has 0 radical (unpaired) electrons. The van der Waals surface area contributed by atoms with E-state index in [2.05, 4.69) is 0 Å². The molecule has 3 heteroatoms. The summed E-state index contributed by atoms with van der Waals surface area (Å²) in [5.41, 5.74) is 6.83. The minimum atomic E-state index is -0.0838. The standard InChI is InChI=1S/C14H22N2O/c1-11(2)16(14(17)9-12(3)15)10-13-7-5-4-6-8-13/h4-8,11-12H,9-10,15H2,1-3H3. The van der Waals surface area contributed by atoms with Crippen molar-refractivity contribution in [2.24, 2.45) is 5.73 Å². The molecule has 1 rings (SSSR count). The molecule has 3 nitrogen and oxygen atoms in total. The molecule has 0 aliphatic carbocycles. The van der Waals surface area contributed by atoms with E-state index in [9.17, 15) is 4.79 Å². The monoisotopic (exact) mass is 234 g/mol. The van der Waals surface area contributed by atoms with Gasteiger partial charge in [0.2, 0.25) is 5.91 Å². The van der Waals surface area contributed by atoms with Gasteiger partial charge in [0.1, 0.15) is 0 Å². The highest BCUT2D eigenvalue weighted by Crippen LogP contribution is 2.10. The second-order valence-electron chi connectivity index (χ2n) is 4.78. The Hall–Kier alpha value is -1.35. The molecule has 0 spiro atoms. The third-order valence-electron chi connectivity index (χ3n) is 2.64. The number of nitrogens with zero attached hydrogens (tertiary/aromatic N) is 1. The Morgan fingerprint density at radius 1 is 1.24 bits per heavy atom. The summed E-state index contributed by atoms with van der Waals surface area (Å²) in [5, 5.41) is 0. The molecule has 0 aliphatic heterocycles. The van der Waals surface area contributed by atoms with Crippen molar-refractivity contribution in [3.8, 4) is 0 Å². The van der Waals surface area contributed by atoms with Crippen LogP contribution >= 0.6 is 0 Å². The van der Waals surface area contributed by atoms with Crippen molar-refractivity contribution in [3.63, 3.8) is 0 Å². The quantitative estimate of drug-likeness (QED) is 0.848. The van der Waals surface area contributed by atoms with Crippen LogP contribution in [0.25, 0.3) is 0 Å². The molecule has 0 saturated carbocycles. The van der Waals surface area contributed by atoms with Crippen LogP contribution in [0, 0.1) is 0 Å². The van der Waals surface area contributed by atoms with Crippen molar-refractivity contribution < 1.29 is 4.79 Å². The summed E-state index contributed by atoms with van der Waals surface area (Å²) in [4.78, 5) is 13.9. The summed E-state index contributed by atoms with van der Waals surface area (Å²) in [5.74, 6) is 0.124. The third-order valence-corrected chi connectivity index (χ3v) is 2.64. The number of hydrogen-bond acceptors (Lipinski definition) is 2. The van der Waals surface area contributed by atoms with Crippen LogP contribution < -0.4 is 5.73 Å². The van der Waals surface area contributed by atoms with E-state index in [1.807, 2.05) is 56.0 Å². The van der Waals surface area contributed by atoms with Gasteiger partial charge in [0.05, 0.1) is 0 Å². The lowest BCUT2D eigenvalue weighted by molar-refractivity contribution is -0.133. The molecule has 17 heavy (non-hydrogen) atoms. The van der Waals surface area contributed by atoms with Gasteiger partial charge < -0.3 is 10.6 Å². The molecule has 0 heterocycles. The molecule has 1 amide bonds. The molecule has 1 unspecified atom stereocenters. The Bertz CT molecular complexity index is 346. The fourth-order valence-corrected chi connectivity index (χ4v) is 1.73. The van der Waals surface area contributed by atoms with E-state index in [1.54, 1.807) is 0 Å². The SMILES string of the molecule is CC(N)CC(=O)N(Cc1ccccc1)C(C)C. The smallest absolute Gasteiger partial charge is 0.224 e. The number of benzene rings is 1. The van der Waals surface area contributed by atoms with Crippen molar-refractivity contribution in [2.45, 2.75) is 45.8 Å². The highest BCUT2D eigenvalue weighted by atomic mass is 16.2. The lowest BCUT2D eigenvalue weighted by Crippen LogP contribution is -2.39. The Labute approximate surface area is 104 Å². The van der Waals surface area contributed by atoms with E-state index in [-0.39, 0.29) is 18.0 Å². The van der Waals surface area contributed by atoms with E-state index in [0.29, 0.717) is 13.0 Å². The van der Waals surface area contributed by atoms with Crippen molar-refractivity contribution >= 4 is 5.91 Å². The first-order valence-electron chi connectivity index (χ1n) is 6.09. The normalized spacial score (nSPS) is 12.5. The summed E-state index contributed by atoms with van der Waals surface area (Å²) in [6, 6.07) is 10.1. The molecule has 1 aromatic carbocycles. The predicted octanol–water partition coefficient (Wildman–Crippen LogP) is 2.16. The molecule has 0 aliphatic rings. The van der Waals surface area contributed by atoms with Crippen molar-refractivity contribution in [1.82, 2.24) is 4.90 Å². The topological polar surface area (TPSA) is 46.3 Å². The summed E-state index contributed by atoms with van der Waals surface area (Å²) >= 11 is 0. The molecule has 94 valence electrons. The van der Waals surface area contributed by atoms with E-state index in [0.717, 1.165) is 5.56 Å². The summed E-state index contributed by atoms with van der Waals surface area (Å²) in [7, 11) is 0. The van der Waals surface area contributed by atoms with Crippen LogP contribution in [0.15, 0.2) is 30.3 Å². The first-order chi connectivity index (χ1) is 8.00. The fourth-order valence-electron chi connectivity index (χ4n) is 1.73. The number of nitrogens with two attached hydrogens (primary N) is 1. The first kappa shape index (κ1) is 13.7. The van der Waals surface area contributed by atoms with Gasteiger partial charge in [0, 0.05) is 25.0 Å². The number of carbonyl (C=O) groups is 1. The Balaban J connectivity index is 2.70. The van der Waals surface area contributed by atoms with E-state index < -0.39 is 0 Å². The van der Waals surface area contributed by atoms with Crippen LogP contribution in [-0.2, 0) is 11.3 Å². The van der Waals surface area contributed by atoms with Gasteiger partial charge in [-0.3, -0.25) is 4.79 Å². The van der Waals surface area contributed by atoms with E-state index >= 15 is 0 Å². The second kappa shape index (κ2) is 6.40. The van der Waals surface area contributed by atoms with Crippen LogP contribution in [0.2, 0.25) is 0 Å². The number of amides is 1. The van der Waals surface area contributed by atoms with Crippen LogP contribution in [0.3, 0.4) is 0 Å². The van der Waals surface area contributed by atoms with Crippen molar-refractivity contribution in [3.05, 3.63) is 35.9 Å². The summed E-state index contributed by atoms with van der Waals surface area (Å²) < 4.78 is 0. The Kier molecular flexibility index (Phi) is 5.16. The van der Waals surface area contributed by atoms with Gasteiger partial charge in [0.15, 0.2) is 0 Å². The average molecular weight is 234 g/mol. The van der Waals surface area contributed by atoms with Gasteiger partial charge in [-0.15, -0.1) is 0 Å². The summed E-state index contributed by atoms with van der Waals surface area (Å²) in [6.45, 7) is 6.58. The van der Waals surface area contributed by atoms with Crippen molar-refractivity contribution in [2.75, 3.05) is 0 Å². The van der Waals surface area contributed by atoms with Gasteiger partial charge >= 0.3 is 0 Å². The lowest BCUT2D eigenvalue weighted by Gasteiger charge is -2.27. The highest BCUT2D eigenvalue weighted by molar-refractivity contribution is 5.77. The van der Waals surface area contributed by atoms with Gasteiger partial charge in [0.25, 0.3) is 0 Å². The molecule has 0 saturated heterocycles. The van der Waals surface area contributed by atoms with Crippen LogP contribution in [0.4, 0.5) is 0 Å². The zero-order valence-corrected chi connectivity index (χ0v) is 10.9. The maximum absolute atomic E-state index is 12.0. The number of rotatable bonds is 5. The average Bonchev–Trinajstić information content (AvgIpc) is 2.25. The summed E-state index contributed by atoms with van der Waals surface area (Å²) in [6.07, 6.45) is 0.408. The van der Waals surface area contributed by atoms with E-state index in [4.69, 9.17) is 5.73 Å². The van der Waals surface area contributed by atoms with Gasteiger partial charge in [-0.05, 0) is 26.3 Å². The Morgan fingerprint density at radius 3 is 2.29 bits per heavy atom. The van der Waals surface area contributed by atoms with Gasteiger partial charge in [-0.2, -0.15) is 0 Å². The zero-order chi connectivity index (χ0) is 12.8. The number of hydrogen-bond donors (Lipinski definition) is 1. The van der Waals surface area contributed by atoms with Gasteiger partial charge in [-0.1, -0.05) is 30.3 Å². The Morgan fingerprint density at radius 2 is 1.82 bits per heavy atom. The highest BCUT2D eigenvalue weighted by Gasteiger charge is 2.18. The molecule has 0 bridgehead atoms. The molecular formula is C14H22N2O. The zero-order valence-electron chi connectivity index (χ0n) is 10.9. The van der Waals surface area contributed by atoms with Gasteiger partial charge in [-0.25, -0.2) is 0 Å². The van der Waals surface area contributed by atoms with Crippen LogP contribution in [0.1, 0.15) is 32.8 Å². The molecule has 1 atom stereocenters. The lowest BCUT2D eigenvalue weighted by atomic mass is 10.1. The molecule has 1 aromatic rings. The van der Waals surface area contributed by atoms with Crippen molar-refractivity contribution in [1.29, 1.82) is 0 Å². The second-order valence-corrected chi connectivity index (χ2v) is 4.78. The largest absolute Gasteiger partial charge is 0.336 e. The molecular weight excluding hydrogens is 212 g/mol. The maximum Gasteiger partial charge on any atom is 0.224 e. The first-order valence-corrected chi connectivity index (χ1v) is 6.09. The minimum absolute atomic E-state index is 0.0838. The predicted molar refractivity (Wildman–Crippen MR) is 70.4 cm³/mol.